The van der Waals surface area contributed by atoms with Crippen LogP contribution < -0.4 is 0 Å². The van der Waals surface area contributed by atoms with Crippen LogP contribution in [0.2, 0.25) is 71.5 Å². The quantitative estimate of drug-likeness (QED) is 0.277. The molecule has 0 aromatic carbocycles. The van der Waals surface area contributed by atoms with Crippen molar-refractivity contribution in [2.45, 2.75) is 90.0 Å². The Hall–Kier alpha value is 0.344. The summed E-state index contributed by atoms with van der Waals surface area (Å²) in [6.07, 6.45) is 2.58. The van der Waals surface area contributed by atoms with Crippen LogP contribution in [0.4, 0.5) is 0 Å². The first-order valence-corrected chi connectivity index (χ1v) is 23.3. The maximum atomic E-state index is 11.0. The molecule has 25 heavy (non-hydrogen) atoms. The molecule has 5 nitrogen and oxygen atoms in total. The summed E-state index contributed by atoms with van der Waals surface area (Å²) in [6.45, 7) is 24.0. The van der Waals surface area contributed by atoms with Crippen LogP contribution in [0.25, 0.3) is 0 Å². The molecular formula is C15H39NO4Si5. The van der Waals surface area contributed by atoms with Crippen LogP contribution in [-0.2, 0) is 17.1 Å². The fraction of sp³-hybridized carbons (Fsp3) is 0.933. The second-order valence-corrected chi connectivity index (χ2v) is 29.3. The van der Waals surface area contributed by atoms with Gasteiger partial charge in [-0.15, -0.1) is 0 Å². The molecule has 0 fully saturated rings. The second kappa shape index (κ2) is 9.51. The zero-order valence-corrected chi connectivity index (χ0v) is 23.5. The van der Waals surface area contributed by atoms with E-state index in [4.69, 9.17) is 12.3 Å². The van der Waals surface area contributed by atoms with Crippen molar-refractivity contribution in [1.29, 1.82) is 0 Å². The SMILES string of the molecule is C[SiH](O[Si](C)(C)C)C(C)(CC[SiH](O[Si](C)(C)C)O[Si](C)(C)C)N=C=O. The summed E-state index contributed by atoms with van der Waals surface area (Å²) in [6, 6.07) is 0.864. The summed E-state index contributed by atoms with van der Waals surface area (Å²) < 4.78 is 19.1. The van der Waals surface area contributed by atoms with Gasteiger partial charge in [0.2, 0.25) is 6.08 Å². The van der Waals surface area contributed by atoms with Gasteiger partial charge in [0, 0.05) is 0 Å². The third kappa shape index (κ3) is 12.4. The van der Waals surface area contributed by atoms with Crippen LogP contribution in [-0.4, -0.2) is 54.5 Å². The summed E-state index contributed by atoms with van der Waals surface area (Å²) in [7, 11) is -8.45. The van der Waals surface area contributed by atoms with Crippen molar-refractivity contribution >= 4 is 49.4 Å². The van der Waals surface area contributed by atoms with Gasteiger partial charge in [0.25, 0.3) is 0 Å². The Morgan fingerprint density at radius 1 is 0.880 bits per heavy atom. The second-order valence-electron chi connectivity index (χ2n) is 9.86. The topological polar surface area (TPSA) is 57.1 Å². The first kappa shape index (κ1) is 25.3. The van der Waals surface area contributed by atoms with Crippen molar-refractivity contribution in [2.75, 3.05) is 0 Å². The van der Waals surface area contributed by atoms with Gasteiger partial charge < -0.3 is 12.3 Å². The molecule has 10 heteroatoms. The van der Waals surface area contributed by atoms with E-state index in [-0.39, 0.29) is 0 Å². The molecule has 2 unspecified atom stereocenters. The van der Waals surface area contributed by atoms with Crippen molar-refractivity contribution in [2.24, 2.45) is 4.99 Å². The van der Waals surface area contributed by atoms with Gasteiger partial charge in [-0.2, -0.15) is 0 Å². The lowest BCUT2D eigenvalue weighted by Crippen LogP contribution is -2.49. The standard InChI is InChI=1S/C15H39NO4Si5/c1-15(16-14-17,21(2)18-23(3,4)5)12-13-22(19-24(6,7)8)20-25(9,10)11/h21-22H,12-13H2,1-11H3. The first-order valence-electron chi connectivity index (χ1n) is 9.10. The van der Waals surface area contributed by atoms with Crippen molar-refractivity contribution in [1.82, 2.24) is 0 Å². The average molecular weight is 438 g/mol. The van der Waals surface area contributed by atoms with Gasteiger partial charge in [0.05, 0.1) is 5.16 Å². The molecular weight excluding hydrogens is 399 g/mol. The number of carbonyl (C=O) groups excluding carboxylic acids is 1. The van der Waals surface area contributed by atoms with Crippen LogP contribution in [0.15, 0.2) is 4.99 Å². The smallest absolute Gasteiger partial charge is 0.300 e. The van der Waals surface area contributed by atoms with Crippen molar-refractivity contribution in [3.63, 3.8) is 0 Å². The molecule has 0 heterocycles. The van der Waals surface area contributed by atoms with Gasteiger partial charge in [-0.1, -0.05) is 0 Å². The van der Waals surface area contributed by atoms with Gasteiger partial charge in [-0.05, 0) is 84.9 Å². The molecule has 0 aliphatic carbocycles. The molecule has 148 valence electrons. The van der Waals surface area contributed by atoms with E-state index in [1.165, 1.54) is 0 Å². The number of aliphatic imine (C=N–C) groups is 1. The highest BCUT2D eigenvalue weighted by molar-refractivity contribution is 6.81. The van der Waals surface area contributed by atoms with E-state index in [0.29, 0.717) is 0 Å². The maximum absolute atomic E-state index is 11.0. The van der Waals surface area contributed by atoms with Gasteiger partial charge in [0.1, 0.15) is 0 Å². The van der Waals surface area contributed by atoms with E-state index >= 15 is 0 Å². The van der Waals surface area contributed by atoms with Gasteiger partial charge >= 0.3 is 9.28 Å². The number of rotatable bonds is 11. The Kier molecular flexibility index (Phi) is 9.64. The monoisotopic (exact) mass is 437 g/mol. The first-order chi connectivity index (χ1) is 11.0. The van der Waals surface area contributed by atoms with E-state index in [9.17, 15) is 4.79 Å². The van der Waals surface area contributed by atoms with Crippen LogP contribution >= 0.6 is 0 Å². The zero-order chi connectivity index (χ0) is 20.1. The summed E-state index contributed by atoms with van der Waals surface area (Å²) in [5, 5.41) is -0.446. The Morgan fingerprint density at radius 3 is 1.60 bits per heavy atom. The van der Waals surface area contributed by atoms with Gasteiger partial charge in [0.15, 0.2) is 34.0 Å². The highest BCUT2D eigenvalue weighted by atomic mass is 28.4. The van der Waals surface area contributed by atoms with E-state index in [0.717, 1.165) is 12.5 Å². The van der Waals surface area contributed by atoms with E-state index in [1.807, 2.05) is 6.92 Å². The molecule has 0 saturated heterocycles. The highest BCUT2D eigenvalue weighted by Crippen LogP contribution is 2.27. The lowest BCUT2D eigenvalue weighted by Gasteiger charge is -2.36. The minimum atomic E-state index is -1.79. The fourth-order valence-corrected chi connectivity index (χ4v) is 17.5. The molecule has 0 rings (SSSR count). The maximum Gasteiger partial charge on any atom is 0.300 e. The molecule has 2 atom stereocenters. The summed E-state index contributed by atoms with van der Waals surface area (Å²) in [5.74, 6) is 0. The number of isocyanates is 1. The minimum absolute atomic E-state index is 0.446. The molecule has 0 aromatic heterocycles. The van der Waals surface area contributed by atoms with Gasteiger partial charge in [-0.3, -0.25) is 0 Å². The highest BCUT2D eigenvalue weighted by Gasteiger charge is 2.38. The van der Waals surface area contributed by atoms with Crippen LogP contribution in [0.1, 0.15) is 13.3 Å². The summed E-state index contributed by atoms with van der Waals surface area (Å²) >= 11 is 0. The molecule has 0 N–H and O–H groups in total. The summed E-state index contributed by atoms with van der Waals surface area (Å²) in [5.41, 5.74) is 0. The van der Waals surface area contributed by atoms with Gasteiger partial charge in [-0.25, -0.2) is 9.79 Å². The zero-order valence-electron chi connectivity index (χ0n) is 18.1. The summed E-state index contributed by atoms with van der Waals surface area (Å²) in [4.78, 5) is 15.2. The third-order valence-electron chi connectivity index (χ3n) is 3.56. The van der Waals surface area contributed by atoms with Crippen LogP contribution in [0.3, 0.4) is 0 Å². The molecule has 0 aliphatic rings. The fourth-order valence-electron chi connectivity index (χ4n) is 2.45. The molecule has 0 radical (unpaired) electrons. The minimum Gasteiger partial charge on any atom is -0.456 e. The van der Waals surface area contributed by atoms with E-state index < -0.39 is 48.4 Å². The Morgan fingerprint density at radius 2 is 1.28 bits per heavy atom. The van der Waals surface area contributed by atoms with Crippen LogP contribution in [0, 0.1) is 0 Å². The van der Waals surface area contributed by atoms with E-state index in [1.54, 1.807) is 6.08 Å². The van der Waals surface area contributed by atoms with Crippen molar-refractivity contribution in [3.05, 3.63) is 0 Å². The molecule has 0 aromatic rings. The van der Waals surface area contributed by atoms with Crippen molar-refractivity contribution < 1.29 is 17.1 Å². The Balaban J connectivity index is 5.22. The van der Waals surface area contributed by atoms with Crippen LogP contribution in [0.5, 0.6) is 0 Å². The largest absolute Gasteiger partial charge is 0.456 e. The Bertz CT molecular complexity index is 450. The number of nitrogens with zero attached hydrogens (tertiary/aromatic N) is 1. The predicted octanol–water partition coefficient (Wildman–Crippen LogP) is 4.14. The molecule has 0 bridgehead atoms. The average Bonchev–Trinajstić information content (AvgIpc) is 2.30. The predicted molar refractivity (Wildman–Crippen MR) is 119 cm³/mol. The third-order valence-corrected chi connectivity index (χ3v) is 18.5. The number of hydrogen-bond donors (Lipinski definition) is 0. The molecule has 0 saturated carbocycles. The molecule has 0 spiro atoms. The van der Waals surface area contributed by atoms with Crippen molar-refractivity contribution in [3.8, 4) is 0 Å². The molecule has 0 amide bonds. The van der Waals surface area contributed by atoms with E-state index in [2.05, 4.69) is 70.5 Å². The normalized spacial score (nSPS) is 17.1. The lowest BCUT2D eigenvalue weighted by molar-refractivity contribution is 0.404. The molecule has 0 aliphatic heterocycles. The Labute approximate surface area is 161 Å². The number of hydrogen-bond acceptors (Lipinski definition) is 5. The lowest BCUT2D eigenvalue weighted by atomic mass is 10.2.